The van der Waals surface area contributed by atoms with Crippen LogP contribution in [0.3, 0.4) is 0 Å². The summed E-state index contributed by atoms with van der Waals surface area (Å²) in [5.74, 6) is 0.269. The lowest BCUT2D eigenvalue weighted by Crippen LogP contribution is -2.41. The number of hydrogen-bond acceptors (Lipinski definition) is 4. The predicted molar refractivity (Wildman–Crippen MR) is 82.8 cm³/mol. The SMILES string of the molecule is CCCC(NC(=O)C1CC1c1ccc2c(c1)OCCO2)C(=O)O. The molecule has 2 aliphatic rings. The van der Waals surface area contributed by atoms with E-state index >= 15 is 0 Å². The summed E-state index contributed by atoms with van der Waals surface area (Å²) in [5, 5.41) is 11.8. The highest BCUT2D eigenvalue weighted by atomic mass is 16.6. The number of carboxylic acid groups (broad SMARTS) is 1. The molecular formula is C17H21NO5. The van der Waals surface area contributed by atoms with E-state index in [0.29, 0.717) is 31.8 Å². The molecule has 2 N–H and O–H groups in total. The van der Waals surface area contributed by atoms with Gasteiger partial charge in [-0.05, 0) is 36.5 Å². The zero-order chi connectivity index (χ0) is 16.4. The Morgan fingerprint density at radius 1 is 1.30 bits per heavy atom. The topological polar surface area (TPSA) is 84.9 Å². The van der Waals surface area contributed by atoms with E-state index < -0.39 is 12.0 Å². The van der Waals surface area contributed by atoms with Crippen molar-refractivity contribution in [3.63, 3.8) is 0 Å². The molecule has 0 bridgehead atoms. The quantitative estimate of drug-likeness (QED) is 0.837. The zero-order valence-electron chi connectivity index (χ0n) is 13.1. The van der Waals surface area contributed by atoms with Crippen LogP contribution >= 0.6 is 0 Å². The van der Waals surface area contributed by atoms with E-state index in [1.54, 1.807) is 0 Å². The van der Waals surface area contributed by atoms with Crippen LogP contribution in [-0.2, 0) is 9.59 Å². The second-order valence-corrected chi connectivity index (χ2v) is 6.04. The predicted octanol–water partition coefficient (Wildman–Crippen LogP) is 1.93. The third kappa shape index (κ3) is 3.41. The molecule has 3 atom stereocenters. The van der Waals surface area contributed by atoms with E-state index in [2.05, 4.69) is 5.32 Å². The summed E-state index contributed by atoms with van der Waals surface area (Å²) in [6.07, 6.45) is 1.90. The molecule has 6 heteroatoms. The maximum Gasteiger partial charge on any atom is 0.326 e. The van der Waals surface area contributed by atoms with E-state index in [-0.39, 0.29) is 17.7 Å². The van der Waals surface area contributed by atoms with Gasteiger partial charge >= 0.3 is 5.97 Å². The first kappa shape index (κ1) is 15.6. The molecule has 3 unspecified atom stereocenters. The first-order valence-electron chi connectivity index (χ1n) is 8.03. The Morgan fingerprint density at radius 3 is 2.74 bits per heavy atom. The number of amides is 1. The summed E-state index contributed by atoms with van der Waals surface area (Å²) in [7, 11) is 0. The molecule has 124 valence electrons. The fourth-order valence-corrected chi connectivity index (χ4v) is 2.97. The van der Waals surface area contributed by atoms with Gasteiger partial charge in [-0.15, -0.1) is 0 Å². The normalized spacial score (nSPS) is 23.0. The van der Waals surface area contributed by atoms with Gasteiger partial charge in [0.25, 0.3) is 0 Å². The Bertz CT molecular complexity index is 615. The molecule has 6 nitrogen and oxygen atoms in total. The summed E-state index contributed by atoms with van der Waals surface area (Å²) in [6.45, 7) is 2.98. The molecule has 0 spiro atoms. The van der Waals surface area contributed by atoms with Crippen molar-refractivity contribution in [1.29, 1.82) is 0 Å². The summed E-state index contributed by atoms with van der Waals surface area (Å²) in [4.78, 5) is 23.4. The fourth-order valence-electron chi connectivity index (χ4n) is 2.97. The van der Waals surface area contributed by atoms with Gasteiger partial charge in [0.2, 0.25) is 5.91 Å². The highest BCUT2D eigenvalue weighted by molar-refractivity contribution is 5.87. The van der Waals surface area contributed by atoms with Crippen LogP contribution in [-0.4, -0.2) is 36.2 Å². The molecule has 0 radical (unpaired) electrons. The Morgan fingerprint density at radius 2 is 2.04 bits per heavy atom. The number of aliphatic carboxylic acids is 1. The lowest BCUT2D eigenvalue weighted by atomic mass is 10.1. The minimum absolute atomic E-state index is 0.127. The number of nitrogens with one attached hydrogen (secondary N) is 1. The van der Waals surface area contributed by atoms with Gasteiger partial charge in [0.15, 0.2) is 11.5 Å². The fraction of sp³-hybridized carbons (Fsp3) is 0.529. The van der Waals surface area contributed by atoms with Crippen molar-refractivity contribution >= 4 is 11.9 Å². The van der Waals surface area contributed by atoms with Crippen molar-refractivity contribution < 1.29 is 24.2 Å². The van der Waals surface area contributed by atoms with E-state index in [9.17, 15) is 9.59 Å². The smallest absolute Gasteiger partial charge is 0.326 e. The van der Waals surface area contributed by atoms with E-state index in [4.69, 9.17) is 14.6 Å². The number of carboxylic acids is 1. The molecule has 1 aromatic carbocycles. The molecule has 1 saturated carbocycles. The Kier molecular flexibility index (Phi) is 4.41. The molecule has 23 heavy (non-hydrogen) atoms. The van der Waals surface area contributed by atoms with Crippen molar-refractivity contribution in [3.8, 4) is 11.5 Å². The zero-order valence-corrected chi connectivity index (χ0v) is 13.1. The molecule has 0 saturated heterocycles. The van der Waals surface area contributed by atoms with Crippen LogP contribution in [0.4, 0.5) is 0 Å². The minimum atomic E-state index is -0.975. The van der Waals surface area contributed by atoms with Crippen LogP contribution in [0.2, 0.25) is 0 Å². The monoisotopic (exact) mass is 319 g/mol. The number of fused-ring (bicyclic) bond motifs is 1. The number of hydrogen-bond donors (Lipinski definition) is 2. The highest BCUT2D eigenvalue weighted by Gasteiger charge is 2.45. The summed E-state index contributed by atoms with van der Waals surface area (Å²) in [6, 6.07) is 4.95. The number of rotatable bonds is 6. The van der Waals surface area contributed by atoms with E-state index in [1.165, 1.54) is 0 Å². The van der Waals surface area contributed by atoms with Gasteiger partial charge in [0.05, 0.1) is 0 Å². The van der Waals surface area contributed by atoms with Crippen LogP contribution < -0.4 is 14.8 Å². The highest BCUT2D eigenvalue weighted by Crippen LogP contribution is 2.49. The van der Waals surface area contributed by atoms with Crippen molar-refractivity contribution in [1.82, 2.24) is 5.32 Å². The average Bonchev–Trinajstić information content (AvgIpc) is 3.34. The van der Waals surface area contributed by atoms with Crippen LogP contribution in [0.5, 0.6) is 11.5 Å². The van der Waals surface area contributed by atoms with Gasteiger partial charge < -0.3 is 19.9 Å². The largest absolute Gasteiger partial charge is 0.486 e. The number of ether oxygens (including phenoxy) is 2. The molecule has 1 aliphatic carbocycles. The summed E-state index contributed by atoms with van der Waals surface area (Å²) >= 11 is 0. The standard InChI is InChI=1S/C17H21NO5/c1-2-3-13(17(20)21)18-16(19)12-9-11(12)10-4-5-14-15(8-10)23-7-6-22-14/h4-5,8,11-13H,2-3,6-7,9H2,1H3,(H,18,19)(H,20,21). The molecule has 1 aliphatic heterocycles. The summed E-state index contributed by atoms with van der Waals surface area (Å²) in [5.41, 5.74) is 1.04. The van der Waals surface area contributed by atoms with Crippen molar-refractivity contribution in [2.45, 2.75) is 38.1 Å². The average molecular weight is 319 g/mol. The minimum Gasteiger partial charge on any atom is -0.486 e. The lowest BCUT2D eigenvalue weighted by molar-refractivity contribution is -0.142. The van der Waals surface area contributed by atoms with Crippen molar-refractivity contribution in [2.75, 3.05) is 13.2 Å². The Hall–Kier alpha value is -2.24. The van der Waals surface area contributed by atoms with Crippen molar-refractivity contribution in [2.24, 2.45) is 5.92 Å². The van der Waals surface area contributed by atoms with Gasteiger partial charge in [0.1, 0.15) is 19.3 Å². The molecule has 1 fully saturated rings. The second kappa shape index (κ2) is 6.48. The first-order valence-corrected chi connectivity index (χ1v) is 8.03. The number of benzene rings is 1. The molecule has 1 heterocycles. The van der Waals surface area contributed by atoms with E-state index in [1.807, 2.05) is 25.1 Å². The van der Waals surface area contributed by atoms with Crippen molar-refractivity contribution in [3.05, 3.63) is 23.8 Å². The second-order valence-electron chi connectivity index (χ2n) is 6.04. The van der Waals surface area contributed by atoms with Crippen LogP contribution in [0.1, 0.15) is 37.7 Å². The number of carbonyl (C=O) groups is 2. The van der Waals surface area contributed by atoms with Crippen LogP contribution in [0, 0.1) is 5.92 Å². The molecule has 1 aromatic rings. The molecule has 1 amide bonds. The first-order chi connectivity index (χ1) is 11.1. The van der Waals surface area contributed by atoms with Gasteiger partial charge in [-0.1, -0.05) is 19.4 Å². The lowest BCUT2D eigenvalue weighted by Gasteiger charge is -2.19. The third-order valence-corrected chi connectivity index (χ3v) is 4.31. The van der Waals surface area contributed by atoms with Gasteiger partial charge in [-0.3, -0.25) is 4.79 Å². The number of carbonyl (C=O) groups excluding carboxylic acids is 1. The van der Waals surface area contributed by atoms with Gasteiger partial charge in [-0.25, -0.2) is 4.79 Å². The third-order valence-electron chi connectivity index (χ3n) is 4.31. The molecular weight excluding hydrogens is 298 g/mol. The molecule has 3 rings (SSSR count). The van der Waals surface area contributed by atoms with Crippen LogP contribution in [0.25, 0.3) is 0 Å². The summed E-state index contributed by atoms with van der Waals surface area (Å²) < 4.78 is 11.1. The molecule has 0 aromatic heterocycles. The van der Waals surface area contributed by atoms with Crippen LogP contribution in [0.15, 0.2) is 18.2 Å². The maximum atomic E-state index is 12.2. The van der Waals surface area contributed by atoms with E-state index in [0.717, 1.165) is 17.7 Å². The maximum absolute atomic E-state index is 12.2. The Labute approximate surface area is 134 Å². The van der Waals surface area contributed by atoms with Gasteiger partial charge in [0, 0.05) is 5.92 Å². The Balaban J connectivity index is 1.62. The van der Waals surface area contributed by atoms with Gasteiger partial charge in [-0.2, -0.15) is 0 Å².